The van der Waals surface area contributed by atoms with Crippen LogP contribution in [-0.4, -0.2) is 12.0 Å². The lowest BCUT2D eigenvalue weighted by atomic mass is 10.1. The second-order valence-corrected chi connectivity index (χ2v) is 3.97. The fourth-order valence-electron chi connectivity index (χ4n) is 1.92. The van der Waals surface area contributed by atoms with Crippen molar-refractivity contribution in [3.63, 3.8) is 0 Å². The topological polar surface area (TPSA) is 24.9 Å². The van der Waals surface area contributed by atoms with Crippen LogP contribution in [0.5, 0.6) is 0 Å². The van der Waals surface area contributed by atoms with Gasteiger partial charge in [0.05, 0.1) is 5.52 Å². The normalized spacial score (nSPS) is 10.7. The monoisotopic (exact) mass is 200 g/mol. The molecule has 0 amide bonds. The highest BCUT2D eigenvalue weighted by atomic mass is 14.8. The molecule has 2 heteroatoms. The Hall–Kier alpha value is -1.57. The van der Waals surface area contributed by atoms with Crippen LogP contribution in [0.15, 0.2) is 18.2 Å². The lowest BCUT2D eigenvalue weighted by Gasteiger charge is -2.12. The fraction of sp³-hybridized carbons (Fsp3) is 0.308. The summed E-state index contributed by atoms with van der Waals surface area (Å²) in [5.41, 5.74) is 5.85. The minimum Gasteiger partial charge on any atom is -0.387 e. The quantitative estimate of drug-likeness (QED) is 0.764. The first kappa shape index (κ1) is 9.97. The lowest BCUT2D eigenvalue weighted by Crippen LogP contribution is -1.98. The highest BCUT2D eigenvalue weighted by Crippen LogP contribution is 2.27. The number of anilines is 1. The van der Waals surface area contributed by atoms with Crippen LogP contribution in [0, 0.1) is 20.8 Å². The van der Waals surface area contributed by atoms with Gasteiger partial charge in [-0.1, -0.05) is 11.6 Å². The zero-order chi connectivity index (χ0) is 11.0. The van der Waals surface area contributed by atoms with Crippen LogP contribution < -0.4 is 5.32 Å². The standard InChI is InChI=1S/C13H16N2/c1-8-5-6-12-11(7-8)13(14-4)9(2)10(3)15-12/h5-7H,1-4H3,(H,14,15). The Balaban J connectivity index is 2.89. The van der Waals surface area contributed by atoms with Crippen LogP contribution in [0.25, 0.3) is 10.9 Å². The van der Waals surface area contributed by atoms with Crippen LogP contribution in [0.1, 0.15) is 16.8 Å². The number of nitrogens with one attached hydrogen (secondary N) is 1. The van der Waals surface area contributed by atoms with Crippen LogP contribution in [0.4, 0.5) is 5.69 Å². The molecule has 1 N–H and O–H groups in total. The Bertz CT molecular complexity index is 515. The molecule has 0 saturated carbocycles. The molecule has 2 nitrogen and oxygen atoms in total. The van der Waals surface area contributed by atoms with Gasteiger partial charge in [-0.2, -0.15) is 0 Å². The number of pyridine rings is 1. The van der Waals surface area contributed by atoms with Gasteiger partial charge in [0.1, 0.15) is 0 Å². The van der Waals surface area contributed by atoms with Gasteiger partial charge in [-0.15, -0.1) is 0 Å². The number of aryl methyl sites for hydroxylation is 2. The van der Waals surface area contributed by atoms with Gasteiger partial charge in [0.15, 0.2) is 0 Å². The van der Waals surface area contributed by atoms with E-state index in [2.05, 4.69) is 49.3 Å². The largest absolute Gasteiger partial charge is 0.387 e. The van der Waals surface area contributed by atoms with Crippen LogP contribution in [0.2, 0.25) is 0 Å². The fourth-order valence-corrected chi connectivity index (χ4v) is 1.92. The minimum atomic E-state index is 1.06. The molecule has 78 valence electrons. The highest BCUT2D eigenvalue weighted by Gasteiger charge is 2.07. The Morgan fingerprint density at radius 1 is 1.13 bits per heavy atom. The molecular formula is C13H16N2. The van der Waals surface area contributed by atoms with Gasteiger partial charge in [0.2, 0.25) is 0 Å². The molecule has 0 saturated heterocycles. The summed E-state index contributed by atoms with van der Waals surface area (Å²) in [6.07, 6.45) is 0. The number of fused-ring (bicyclic) bond motifs is 1. The molecule has 0 fully saturated rings. The Morgan fingerprint density at radius 2 is 1.87 bits per heavy atom. The van der Waals surface area contributed by atoms with E-state index in [1.807, 2.05) is 7.05 Å². The molecule has 0 spiro atoms. The van der Waals surface area contributed by atoms with E-state index < -0.39 is 0 Å². The van der Waals surface area contributed by atoms with Crippen molar-refractivity contribution in [2.45, 2.75) is 20.8 Å². The van der Waals surface area contributed by atoms with Gasteiger partial charge in [0.25, 0.3) is 0 Å². The Kier molecular flexibility index (Phi) is 2.35. The Morgan fingerprint density at radius 3 is 2.53 bits per heavy atom. The molecule has 1 heterocycles. The summed E-state index contributed by atoms with van der Waals surface area (Å²) in [6, 6.07) is 6.36. The first-order valence-corrected chi connectivity index (χ1v) is 5.19. The summed E-state index contributed by atoms with van der Waals surface area (Å²) in [5, 5.41) is 4.48. The van der Waals surface area contributed by atoms with Crippen LogP contribution in [0.3, 0.4) is 0 Å². The molecule has 0 aliphatic heterocycles. The molecule has 0 unspecified atom stereocenters. The average Bonchev–Trinajstić information content (AvgIpc) is 2.21. The minimum absolute atomic E-state index is 1.06. The van der Waals surface area contributed by atoms with Crippen molar-refractivity contribution in [2.75, 3.05) is 12.4 Å². The summed E-state index contributed by atoms with van der Waals surface area (Å²) >= 11 is 0. The third-order valence-electron chi connectivity index (χ3n) is 2.88. The summed E-state index contributed by atoms with van der Waals surface area (Å²) in [6.45, 7) is 6.26. The number of nitrogens with zero attached hydrogens (tertiary/aromatic N) is 1. The summed E-state index contributed by atoms with van der Waals surface area (Å²) in [4.78, 5) is 4.58. The lowest BCUT2D eigenvalue weighted by molar-refractivity contribution is 1.19. The number of hydrogen-bond acceptors (Lipinski definition) is 2. The number of hydrogen-bond donors (Lipinski definition) is 1. The molecule has 0 aliphatic rings. The third-order valence-corrected chi connectivity index (χ3v) is 2.88. The van der Waals surface area contributed by atoms with Gasteiger partial charge < -0.3 is 5.32 Å². The van der Waals surface area contributed by atoms with Crippen LogP contribution in [-0.2, 0) is 0 Å². The van der Waals surface area contributed by atoms with Gasteiger partial charge >= 0.3 is 0 Å². The highest BCUT2D eigenvalue weighted by molar-refractivity contribution is 5.93. The van der Waals surface area contributed by atoms with E-state index in [0.29, 0.717) is 0 Å². The maximum atomic E-state index is 4.58. The van der Waals surface area contributed by atoms with E-state index in [1.165, 1.54) is 22.2 Å². The van der Waals surface area contributed by atoms with E-state index >= 15 is 0 Å². The maximum absolute atomic E-state index is 4.58. The van der Waals surface area contributed by atoms with Crippen LogP contribution >= 0.6 is 0 Å². The zero-order valence-electron chi connectivity index (χ0n) is 9.68. The third kappa shape index (κ3) is 1.56. The van der Waals surface area contributed by atoms with E-state index in [9.17, 15) is 0 Å². The molecule has 15 heavy (non-hydrogen) atoms. The van der Waals surface area contributed by atoms with Gasteiger partial charge in [-0.25, -0.2) is 0 Å². The molecular weight excluding hydrogens is 184 g/mol. The molecule has 0 atom stereocenters. The number of rotatable bonds is 1. The van der Waals surface area contributed by atoms with E-state index in [0.717, 1.165) is 11.2 Å². The first-order chi connectivity index (χ1) is 7.13. The van der Waals surface area contributed by atoms with Gasteiger partial charge in [-0.3, -0.25) is 4.98 Å². The number of aromatic nitrogens is 1. The van der Waals surface area contributed by atoms with E-state index in [-0.39, 0.29) is 0 Å². The average molecular weight is 200 g/mol. The number of benzene rings is 1. The second kappa shape index (κ2) is 3.54. The molecule has 2 aromatic rings. The smallest absolute Gasteiger partial charge is 0.0726 e. The van der Waals surface area contributed by atoms with Crippen molar-refractivity contribution >= 4 is 16.6 Å². The van der Waals surface area contributed by atoms with Crippen molar-refractivity contribution in [3.8, 4) is 0 Å². The van der Waals surface area contributed by atoms with E-state index in [1.54, 1.807) is 0 Å². The molecule has 0 bridgehead atoms. The second-order valence-electron chi connectivity index (χ2n) is 3.97. The zero-order valence-corrected chi connectivity index (χ0v) is 9.68. The van der Waals surface area contributed by atoms with Crippen molar-refractivity contribution in [3.05, 3.63) is 35.0 Å². The van der Waals surface area contributed by atoms with Crippen molar-refractivity contribution in [1.82, 2.24) is 4.98 Å². The predicted molar refractivity (Wildman–Crippen MR) is 65.5 cm³/mol. The molecule has 0 aliphatic carbocycles. The molecule has 0 radical (unpaired) electrons. The maximum Gasteiger partial charge on any atom is 0.0726 e. The molecule has 2 rings (SSSR count). The van der Waals surface area contributed by atoms with Crippen molar-refractivity contribution in [2.24, 2.45) is 0 Å². The van der Waals surface area contributed by atoms with Gasteiger partial charge in [-0.05, 0) is 38.5 Å². The SMILES string of the molecule is CNc1c(C)c(C)nc2ccc(C)cc12. The summed E-state index contributed by atoms with van der Waals surface area (Å²) in [5.74, 6) is 0. The van der Waals surface area contributed by atoms with Gasteiger partial charge in [0, 0.05) is 23.8 Å². The van der Waals surface area contributed by atoms with Crippen molar-refractivity contribution < 1.29 is 0 Å². The van der Waals surface area contributed by atoms with Crippen molar-refractivity contribution in [1.29, 1.82) is 0 Å². The summed E-state index contributed by atoms with van der Waals surface area (Å²) in [7, 11) is 1.96. The molecule has 1 aromatic carbocycles. The van der Waals surface area contributed by atoms with E-state index in [4.69, 9.17) is 0 Å². The molecule has 1 aromatic heterocycles. The first-order valence-electron chi connectivity index (χ1n) is 5.19. The summed E-state index contributed by atoms with van der Waals surface area (Å²) < 4.78 is 0. The predicted octanol–water partition coefficient (Wildman–Crippen LogP) is 3.20. The Labute approximate surface area is 90.3 Å².